The Labute approximate surface area is 160 Å². The Bertz CT molecular complexity index is 660. The van der Waals surface area contributed by atoms with E-state index in [1.54, 1.807) is 0 Å². The molecule has 0 saturated heterocycles. The first-order chi connectivity index (χ1) is 13.0. The van der Waals surface area contributed by atoms with E-state index in [1.807, 2.05) is 11.8 Å². The van der Waals surface area contributed by atoms with Crippen LogP contribution in [-0.2, 0) is 17.8 Å². The summed E-state index contributed by atoms with van der Waals surface area (Å²) in [6.07, 6.45) is 2.70. The van der Waals surface area contributed by atoms with E-state index in [4.69, 9.17) is 5.11 Å². The van der Waals surface area contributed by atoms with Gasteiger partial charge in [0.1, 0.15) is 0 Å². The van der Waals surface area contributed by atoms with Gasteiger partial charge in [-0.3, -0.25) is 14.6 Å². The average Bonchev–Trinajstić information content (AvgIpc) is 2.62. The number of hydrogen-bond donors (Lipinski definition) is 3. The molecule has 0 spiro atoms. The minimum atomic E-state index is -0.800. The van der Waals surface area contributed by atoms with Crippen LogP contribution in [0.3, 0.4) is 0 Å². The molecule has 7 heteroatoms. The summed E-state index contributed by atoms with van der Waals surface area (Å²) in [4.78, 5) is 27.2. The fraction of sp³-hybridized carbons (Fsp3) is 0.600. The molecule has 148 valence electrons. The first-order valence-electron chi connectivity index (χ1n) is 9.84. The Morgan fingerprint density at radius 1 is 1.26 bits per heavy atom. The number of carbonyl (C=O) groups is 2. The van der Waals surface area contributed by atoms with Gasteiger partial charge in [0.15, 0.2) is 0 Å². The Balaban J connectivity index is 1.30. The van der Waals surface area contributed by atoms with E-state index in [1.165, 1.54) is 11.1 Å². The van der Waals surface area contributed by atoms with Gasteiger partial charge in [-0.2, -0.15) is 0 Å². The molecular weight excluding hydrogens is 344 g/mol. The van der Waals surface area contributed by atoms with Crippen molar-refractivity contribution in [3.63, 3.8) is 0 Å². The molecule has 3 N–H and O–H groups in total. The number of carboxylic acid groups (broad SMARTS) is 1. The summed E-state index contributed by atoms with van der Waals surface area (Å²) in [5.41, 5.74) is 2.82. The van der Waals surface area contributed by atoms with Crippen molar-refractivity contribution in [2.24, 2.45) is 0 Å². The van der Waals surface area contributed by atoms with E-state index in [-0.39, 0.29) is 24.7 Å². The fourth-order valence-corrected chi connectivity index (χ4v) is 3.99. The fourth-order valence-electron chi connectivity index (χ4n) is 3.99. The Kier molecular flexibility index (Phi) is 6.68. The maximum atomic E-state index is 12.1. The maximum absolute atomic E-state index is 12.1. The summed E-state index contributed by atoms with van der Waals surface area (Å²) < 4.78 is 0. The second-order valence-corrected chi connectivity index (χ2v) is 7.47. The number of fused-ring (bicyclic) bond motifs is 1. The van der Waals surface area contributed by atoms with Crippen LogP contribution in [0.25, 0.3) is 0 Å². The van der Waals surface area contributed by atoms with E-state index < -0.39 is 5.97 Å². The summed E-state index contributed by atoms with van der Waals surface area (Å²) in [5, 5.41) is 14.9. The van der Waals surface area contributed by atoms with Crippen LogP contribution in [0, 0.1) is 0 Å². The van der Waals surface area contributed by atoms with E-state index in [9.17, 15) is 9.59 Å². The van der Waals surface area contributed by atoms with Gasteiger partial charge in [-0.1, -0.05) is 31.2 Å². The highest BCUT2D eigenvalue weighted by Gasteiger charge is 2.34. The smallest absolute Gasteiger partial charge is 0.317 e. The van der Waals surface area contributed by atoms with Crippen molar-refractivity contribution in [3.8, 4) is 0 Å². The first-order valence-corrected chi connectivity index (χ1v) is 9.84. The Hall–Kier alpha value is -2.12. The highest BCUT2D eigenvalue weighted by atomic mass is 16.4. The van der Waals surface area contributed by atoms with E-state index in [0.717, 1.165) is 45.4 Å². The first kappa shape index (κ1) is 19.6. The SMILES string of the molecule is CCN(CC(=O)O)C1CC(NC(=O)NCCN2CCc3ccccc3C2)C1. The maximum Gasteiger partial charge on any atom is 0.317 e. The van der Waals surface area contributed by atoms with Crippen molar-refractivity contribution in [3.05, 3.63) is 35.4 Å². The molecule has 1 saturated carbocycles. The van der Waals surface area contributed by atoms with Crippen molar-refractivity contribution < 1.29 is 14.7 Å². The van der Waals surface area contributed by atoms with Crippen LogP contribution in [0.15, 0.2) is 24.3 Å². The summed E-state index contributed by atoms with van der Waals surface area (Å²) in [6.45, 7) is 6.20. The lowest BCUT2D eigenvalue weighted by molar-refractivity contribution is -0.139. The lowest BCUT2D eigenvalue weighted by Gasteiger charge is -2.42. The van der Waals surface area contributed by atoms with Crippen molar-refractivity contribution in [1.29, 1.82) is 0 Å². The van der Waals surface area contributed by atoms with Crippen LogP contribution in [0.2, 0.25) is 0 Å². The van der Waals surface area contributed by atoms with Gasteiger partial charge in [0, 0.05) is 38.3 Å². The highest BCUT2D eigenvalue weighted by molar-refractivity contribution is 5.74. The second-order valence-electron chi connectivity index (χ2n) is 7.47. The number of nitrogens with zero attached hydrogens (tertiary/aromatic N) is 2. The van der Waals surface area contributed by atoms with Crippen LogP contribution in [0.4, 0.5) is 4.79 Å². The quantitative estimate of drug-likeness (QED) is 0.638. The molecule has 0 bridgehead atoms. The standard InChI is InChI=1S/C20H30N4O3/c1-2-24(14-19(25)26)18-11-17(12-18)22-20(27)21-8-10-23-9-7-15-5-3-4-6-16(15)13-23/h3-6,17-18H,2,7-14H2,1H3,(H,25,26)(H2,21,22,27). The molecule has 1 aromatic carbocycles. The number of hydrogen-bond acceptors (Lipinski definition) is 4. The van der Waals surface area contributed by atoms with Crippen LogP contribution in [-0.4, -0.2) is 71.7 Å². The average molecular weight is 374 g/mol. The molecule has 1 aliphatic carbocycles. The van der Waals surface area contributed by atoms with Gasteiger partial charge in [0.2, 0.25) is 0 Å². The molecule has 7 nitrogen and oxygen atoms in total. The van der Waals surface area contributed by atoms with E-state index >= 15 is 0 Å². The molecule has 1 heterocycles. The zero-order chi connectivity index (χ0) is 19.2. The molecule has 1 fully saturated rings. The zero-order valence-corrected chi connectivity index (χ0v) is 16.0. The van der Waals surface area contributed by atoms with Gasteiger partial charge in [-0.25, -0.2) is 4.79 Å². The van der Waals surface area contributed by atoms with Gasteiger partial charge in [0.05, 0.1) is 6.54 Å². The van der Waals surface area contributed by atoms with Crippen LogP contribution < -0.4 is 10.6 Å². The molecule has 0 unspecified atom stereocenters. The Morgan fingerprint density at radius 3 is 2.70 bits per heavy atom. The topological polar surface area (TPSA) is 84.9 Å². The number of rotatable bonds is 8. The van der Waals surface area contributed by atoms with Gasteiger partial charge < -0.3 is 15.7 Å². The number of aliphatic carboxylic acids is 1. The van der Waals surface area contributed by atoms with Gasteiger partial charge in [-0.15, -0.1) is 0 Å². The number of amides is 2. The van der Waals surface area contributed by atoms with E-state index in [2.05, 4.69) is 39.8 Å². The molecular formula is C20H30N4O3. The molecule has 27 heavy (non-hydrogen) atoms. The monoisotopic (exact) mass is 374 g/mol. The molecule has 0 radical (unpaired) electrons. The minimum absolute atomic E-state index is 0.0685. The van der Waals surface area contributed by atoms with Crippen LogP contribution in [0.5, 0.6) is 0 Å². The minimum Gasteiger partial charge on any atom is -0.480 e. The van der Waals surface area contributed by atoms with Gasteiger partial charge in [0.25, 0.3) is 0 Å². The third-order valence-corrected chi connectivity index (χ3v) is 5.63. The third-order valence-electron chi connectivity index (χ3n) is 5.63. The Morgan fingerprint density at radius 2 is 2.00 bits per heavy atom. The van der Waals surface area contributed by atoms with Crippen molar-refractivity contribution in [2.75, 3.05) is 32.7 Å². The predicted octanol–water partition coefficient (Wildman–Crippen LogP) is 1.28. The van der Waals surface area contributed by atoms with E-state index in [0.29, 0.717) is 6.54 Å². The lowest BCUT2D eigenvalue weighted by atomic mass is 9.85. The number of benzene rings is 1. The number of urea groups is 1. The normalized spacial score (nSPS) is 22.0. The lowest BCUT2D eigenvalue weighted by Crippen LogP contribution is -2.56. The molecule has 1 aliphatic heterocycles. The largest absolute Gasteiger partial charge is 0.480 e. The zero-order valence-electron chi connectivity index (χ0n) is 16.0. The van der Waals surface area contributed by atoms with Crippen molar-refractivity contribution >= 4 is 12.0 Å². The molecule has 0 aromatic heterocycles. The summed E-state index contributed by atoms with van der Waals surface area (Å²) in [5.74, 6) is -0.800. The van der Waals surface area contributed by atoms with Crippen LogP contribution >= 0.6 is 0 Å². The predicted molar refractivity (Wildman–Crippen MR) is 104 cm³/mol. The molecule has 2 amide bonds. The van der Waals surface area contributed by atoms with Crippen LogP contribution in [0.1, 0.15) is 30.9 Å². The number of nitrogens with one attached hydrogen (secondary N) is 2. The molecule has 3 rings (SSSR count). The third kappa shape index (κ3) is 5.43. The number of carbonyl (C=O) groups excluding carboxylic acids is 1. The molecule has 0 atom stereocenters. The molecule has 1 aromatic rings. The van der Waals surface area contributed by atoms with Crippen molar-refractivity contribution in [2.45, 2.75) is 44.8 Å². The van der Waals surface area contributed by atoms with Gasteiger partial charge >= 0.3 is 12.0 Å². The second kappa shape index (κ2) is 9.19. The highest BCUT2D eigenvalue weighted by Crippen LogP contribution is 2.25. The summed E-state index contributed by atoms with van der Waals surface area (Å²) >= 11 is 0. The summed E-state index contributed by atoms with van der Waals surface area (Å²) in [7, 11) is 0. The van der Waals surface area contributed by atoms with Crippen molar-refractivity contribution in [1.82, 2.24) is 20.4 Å². The number of carboxylic acids is 1. The molecule has 2 aliphatic rings. The summed E-state index contributed by atoms with van der Waals surface area (Å²) in [6, 6.07) is 8.81. The number of likely N-dealkylation sites (N-methyl/N-ethyl adjacent to an activating group) is 1. The van der Waals surface area contributed by atoms with Gasteiger partial charge in [-0.05, 0) is 36.9 Å².